The predicted octanol–water partition coefficient (Wildman–Crippen LogP) is 1.64. The van der Waals surface area contributed by atoms with Crippen LogP contribution in [0.1, 0.15) is 34.1 Å². The fourth-order valence-electron chi connectivity index (χ4n) is 1.34. The molecule has 1 rings (SSSR count). The van der Waals surface area contributed by atoms with Crippen molar-refractivity contribution in [1.29, 1.82) is 0 Å². The van der Waals surface area contributed by atoms with E-state index in [9.17, 15) is 14.4 Å². The Morgan fingerprint density at radius 2 is 1.69 bits per heavy atom. The lowest BCUT2D eigenvalue weighted by molar-refractivity contribution is -0.116. The monoisotopic (exact) mass is 220 g/mol. The van der Waals surface area contributed by atoms with Gasteiger partial charge in [-0.1, -0.05) is 18.2 Å². The Morgan fingerprint density at radius 3 is 2.19 bits per heavy atom. The Balaban J connectivity index is 3.08. The van der Waals surface area contributed by atoms with Crippen LogP contribution < -0.4 is 0 Å². The first-order valence-corrected chi connectivity index (χ1v) is 4.76. The average molecular weight is 220 g/mol. The van der Waals surface area contributed by atoms with Crippen molar-refractivity contribution < 1.29 is 19.1 Å². The second-order valence-electron chi connectivity index (χ2n) is 3.34. The summed E-state index contributed by atoms with van der Waals surface area (Å²) in [7, 11) is 1.24. The van der Waals surface area contributed by atoms with Crippen LogP contribution in [0.4, 0.5) is 0 Å². The maximum absolute atomic E-state index is 11.7. The summed E-state index contributed by atoms with van der Waals surface area (Å²) in [5.74, 6) is -1.18. The highest BCUT2D eigenvalue weighted by Gasteiger charge is 2.17. The van der Waals surface area contributed by atoms with E-state index in [0.29, 0.717) is 0 Å². The fourth-order valence-corrected chi connectivity index (χ4v) is 1.34. The van der Waals surface area contributed by atoms with E-state index in [4.69, 9.17) is 0 Å². The zero-order chi connectivity index (χ0) is 12.1. The molecule has 84 valence electrons. The van der Waals surface area contributed by atoms with Crippen LogP contribution in [-0.4, -0.2) is 24.6 Å². The van der Waals surface area contributed by atoms with E-state index in [1.54, 1.807) is 12.1 Å². The minimum atomic E-state index is -0.576. The largest absolute Gasteiger partial charge is 0.465 e. The highest BCUT2D eigenvalue weighted by atomic mass is 16.5. The van der Waals surface area contributed by atoms with Gasteiger partial charge in [-0.3, -0.25) is 9.59 Å². The number of benzene rings is 1. The van der Waals surface area contributed by atoms with Gasteiger partial charge in [0.1, 0.15) is 5.78 Å². The Morgan fingerprint density at radius 1 is 1.12 bits per heavy atom. The topological polar surface area (TPSA) is 60.4 Å². The SMILES string of the molecule is COC(=O)c1ccccc1C(=O)CC(C)=O. The summed E-state index contributed by atoms with van der Waals surface area (Å²) in [4.78, 5) is 33.9. The normalized spacial score (nSPS) is 9.62. The zero-order valence-electron chi connectivity index (χ0n) is 9.15. The third-order valence-electron chi connectivity index (χ3n) is 2.04. The van der Waals surface area contributed by atoms with Gasteiger partial charge in [-0.25, -0.2) is 4.79 Å². The van der Waals surface area contributed by atoms with Crippen LogP contribution in [0.3, 0.4) is 0 Å². The number of esters is 1. The van der Waals surface area contributed by atoms with Crippen LogP contribution in [0.5, 0.6) is 0 Å². The van der Waals surface area contributed by atoms with Gasteiger partial charge in [0.15, 0.2) is 5.78 Å². The van der Waals surface area contributed by atoms with E-state index in [2.05, 4.69) is 4.74 Å². The van der Waals surface area contributed by atoms with Gasteiger partial charge >= 0.3 is 5.97 Å². The molecule has 0 unspecified atom stereocenters. The van der Waals surface area contributed by atoms with Gasteiger partial charge in [0.25, 0.3) is 0 Å². The average Bonchev–Trinajstić information content (AvgIpc) is 2.27. The Bertz CT molecular complexity index is 434. The minimum absolute atomic E-state index is 0.191. The van der Waals surface area contributed by atoms with E-state index in [0.717, 1.165) is 0 Å². The van der Waals surface area contributed by atoms with E-state index in [1.807, 2.05) is 0 Å². The van der Waals surface area contributed by atoms with Crippen molar-refractivity contribution in [3.05, 3.63) is 35.4 Å². The molecule has 16 heavy (non-hydrogen) atoms. The third kappa shape index (κ3) is 2.76. The van der Waals surface area contributed by atoms with Crippen LogP contribution >= 0.6 is 0 Å². The van der Waals surface area contributed by atoms with E-state index in [1.165, 1.54) is 26.2 Å². The van der Waals surface area contributed by atoms with Gasteiger partial charge < -0.3 is 4.74 Å². The van der Waals surface area contributed by atoms with Crippen molar-refractivity contribution >= 4 is 17.5 Å². The van der Waals surface area contributed by atoms with Crippen molar-refractivity contribution in [2.75, 3.05) is 7.11 Å². The minimum Gasteiger partial charge on any atom is -0.465 e. The maximum atomic E-state index is 11.7. The van der Waals surface area contributed by atoms with Crippen LogP contribution in [0.15, 0.2) is 24.3 Å². The first-order valence-electron chi connectivity index (χ1n) is 4.76. The summed E-state index contributed by atoms with van der Waals surface area (Å²) in [6.45, 7) is 1.33. The van der Waals surface area contributed by atoms with Gasteiger partial charge in [0.2, 0.25) is 0 Å². The van der Waals surface area contributed by atoms with Crippen LogP contribution in [-0.2, 0) is 9.53 Å². The molecule has 0 bridgehead atoms. The number of carbonyl (C=O) groups is 3. The van der Waals surface area contributed by atoms with E-state index in [-0.39, 0.29) is 29.1 Å². The number of ether oxygens (including phenoxy) is 1. The van der Waals surface area contributed by atoms with Crippen LogP contribution in [0.25, 0.3) is 0 Å². The molecule has 1 aromatic rings. The second kappa shape index (κ2) is 5.21. The number of ketones is 2. The van der Waals surface area contributed by atoms with Crippen molar-refractivity contribution in [1.82, 2.24) is 0 Å². The molecule has 0 saturated heterocycles. The molecule has 0 radical (unpaired) electrons. The van der Waals surface area contributed by atoms with Gasteiger partial charge in [-0.15, -0.1) is 0 Å². The molecule has 4 nitrogen and oxygen atoms in total. The highest BCUT2D eigenvalue weighted by molar-refractivity contribution is 6.12. The van der Waals surface area contributed by atoms with Crippen molar-refractivity contribution in [3.63, 3.8) is 0 Å². The number of methoxy groups -OCH3 is 1. The fraction of sp³-hybridized carbons (Fsp3) is 0.250. The molecule has 0 aromatic heterocycles. The second-order valence-corrected chi connectivity index (χ2v) is 3.34. The lowest BCUT2D eigenvalue weighted by atomic mass is 10.0. The molecular formula is C12H12O4. The first kappa shape index (κ1) is 12.1. The predicted molar refractivity (Wildman–Crippen MR) is 57.4 cm³/mol. The highest BCUT2D eigenvalue weighted by Crippen LogP contribution is 2.12. The van der Waals surface area contributed by atoms with Crippen molar-refractivity contribution in [3.8, 4) is 0 Å². The lowest BCUT2D eigenvalue weighted by Crippen LogP contribution is -2.12. The summed E-state index contributed by atoms with van der Waals surface area (Å²) in [6.07, 6.45) is -0.200. The molecule has 0 spiro atoms. The van der Waals surface area contributed by atoms with Crippen molar-refractivity contribution in [2.45, 2.75) is 13.3 Å². The molecule has 0 aliphatic rings. The summed E-state index contributed by atoms with van der Waals surface area (Å²) >= 11 is 0. The maximum Gasteiger partial charge on any atom is 0.338 e. The molecule has 1 aromatic carbocycles. The van der Waals surface area contributed by atoms with Gasteiger partial charge in [0.05, 0.1) is 19.1 Å². The smallest absolute Gasteiger partial charge is 0.338 e. The number of hydrogen-bond donors (Lipinski definition) is 0. The van der Waals surface area contributed by atoms with Crippen LogP contribution in [0, 0.1) is 0 Å². The molecular weight excluding hydrogens is 208 g/mol. The third-order valence-corrected chi connectivity index (χ3v) is 2.04. The molecule has 0 N–H and O–H groups in total. The lowest BCUT2D eigenvalue weighted by Gasteiger charge is -2.05. The Kier molecular flexibility index (Phi) is 3.94. The molecule has 0 fully saturated rings. The van der Waals surface area contributed by atoms with Gasteiger partial charge in [-0.2, -0.15) is 0 Å². The van der Waals surface area contributed by atoms with E-state index >= 15 is 0 Å². The number of rotatable bonds is 4. The van der Waals surface area contributed by atoms with Gasteiger partial charge in [-0.05, 0) is 13.0 Å². The standard InChI is InChI=1S/C12H12O4/c1-8(13)7-11(14)9-5-3-4-6-10(9)12(15)16-2/h3-6H,7H2,1-2H3. The van der Waals surface area contributed by atoms with Crippen molar-refractivity contribution in [2.24, 2.45) is 0 Å². The zero-order valence-corrected chi connectivity index (χ0v) is 9.15. The van der Waals surface area contributed by atoms with Crippen LogP contribution in [0.2, 0.25) is 0 Å². The first-order chi connectivity index (χ1) is 7.56. The van der Waals surface area contributed by atoms with Gasteiger partial charge in [0, 0.05) is 5.56 Å². The molecule has 4 heteroatoms. The summed E-state index contributed by atoms with van der Waals surface area (Å²) < 4.78 is 4.56. The quantitative estimate of drug-likeness (QED) is 0.439. The Labute approximate surface area is 93.2 Å². The number of Topliss-reactive ketones (excluding diaryl/α,β-unsaturated/α-hetero) is 2. The summed E-state index contributed by atoms with van der Waals surface area (Å²) in [5, 5.41) is 0. The molecule has 0 heterocycles. The Hall–Kier alpha value is -1.97. The van der Waals surface area contributed by atoms with E-state index < -0.39 is 5.97 Å². The molecule has 0 aliphatic heterocycles. The molecule has 0 amide bonds. The molecule has 0 atom stereocenters. The molecule has 0 saturated carbocycles. The summed E-state index contributed by atoms with van der Waals surface area (Å²) in [6, 6.07) is 6.29. The number of carbonyl (C=O) groups excluding carboxylic acids is 3. The summed E-state index contributed by atoms with van der Waals surface area (Å²) in [5.41, 5.74) is 0.417. The number of hydrogen-bond acceptors (Lipinski definition) is 4. The molecule has 0 aliphatic carbocycles.